The summed E-state index contributed by atoms with van der Waals surface area (Å²) < 4.78 is 12.4. The fraction of sp³-hybridized carbons (Fsp3) is 0.571. The van der Waals surface area contributed by atoms with Gasteiger partial charge in [-0.1, -0.05) is 31.5 Å². The Kier molecular flexibility index (Phi) is 4.50. The Hall–Kier alpha value is -0.670. The summed E-state index contributed by atoms with van der Waals surface area (Å²) in [5.41, 5.74) is 0.226. The van der Waals surface area contributed by atoms with Crippen LogP contribution in [0.15, 0.2) is 29.2 Å². The first kappa shape index (κ1) is 14.4. The molecule has 0 bridgehead atoms. The van der Waals surface area contributed by atoms with Crippen molar-refractivity contribution in [1.29, 1.82) is 0 Å². The summed E-state index contributed by atoms with van der Waals surface area (Å²) in [6.07, 6.45) is 0. The molecule has 0 spiro atoms. The van der Waals surface area contributed by atoms with Gasteiger partial charge in [-0.3, -0.25) is 4.21 Å². The highest BCUT2D eigenvalue weighted by Crippen LogP contribution is 2.27. The van der Waals surface area contributed by atoms with Gasteiger partial charge in [-0.25, -0.2) is 0 Å². The maximum atomic E-state index is 12.4. The number of aliphatic hydroxyl groups is 1. The van der Waals surface area contributed by atoms with Gasteiger partial charge in [-0.05, 0) is 38.8 Å². The van der Waals surface area contributed by atoms with Gasteiger partial charge in [-0.15, -0.1) is 0 Å². The van der Waals surface area contributed by atoms with Crippen molar-refractivity contribution in [2.75, 3.05) is 0 Å². The predicted molar refractivity (Wildman–Crippen MR) is 72.5 cm³/mol. The molecular weight excluding hydrogens is 232 g/mol. The minimum absolute atomic E-state index is 0.0758. The molecular formula is C14H22O2S. The van der Waals surface area contributed by atoms with E-state index in [1.54, 1.807) is 6.92 Å². The highest BCUT2D eigenvalue weighted by Gasteiger charge is 2.36. The third kappa shape index (κ3) is 3.17. The Balaban J connectivity index is 2.94. The number of hydrogen-bond acceptors (Lipinski definition) is 2. The summed E-state index contributed by atoms with van der Waals surface area (Å²) in [5, 5.41) is 10.1. The summed E-state index contributed by atoms with van der Waals surface area (Å²) in [7, 11) is -1.18. The van der Waals surface area contributed by atoms with Crippen LogP contribution in [0.5, 0.6) is 0 Å². The Morgan fingerprint density at radius 2 is 1.65 bits per heavy atom. The Labute approximate surface area is 107 Å². The van der Waals surface area contributed by atoms with Crippen molar-refractivity contribution in [2.24, 2.45) is 5.92 Å². The van der Waals surface area contributed by atoms with Gasteiger partial charge in [0.05, 0.1) is 21.7 Å². The molecule has 0 amide bonds. The lowest BCUT2D eigenvalue weighted by Crippen LogP contribution is -2.44. The van der Waals surface area contributed by atoms with Gasteiger partial charge >= 0.3 is 0 Å². The first-order chi connectivity index (χ1) is 7.76. The van der Waals surface area contributed by atoms with E-state index < -0.39 is 16.4 Å². The Morgan fingerprint density at radius 3 is 2.06 bits per heavy atom. The van der Waals surface area contributed by atoms with Gasteiger partial charge < -0.3 is 5.11 Å². The van der Waals surface area contributed by atoms with Crippen molar-refractivity contribution in [3.63, 3.8) is 0 Å². The second kappa shape index (κ2) is 5.32. The molecule has 0 aliphatic heterocycles. The Bertz CT molecular complexity index is 393. The van der Waals surface area contributed by atoms with Crippen LogP contribution in [0.1, 0.15) is 33.3 Å². The summed E-state index contributed by atoms with van der Waals surface area (Å²) in [4.78, 5) is 0.782. The van der Waals surface area contributed by atoms with Crippen LogP contribution in [-0.2, 0) is 10.8 Å². The minimum atomic E-state index is -1.18. The number of aryl methyl sites for hydroxylation is 1. The molecule has 17 heavy (non-hydrogen) atoms. The molecule has 3 atom stereocenters. The molecule has 1 aromatic rings. The van der Waals surface area contributed by atoms with E-state index in [0.29, 0.717) is 0 Å². The first-order valence-corrected chi connectivity index (χ1v) is 7.17. The van der Waals surface area contributed by atoms with Gasteiger partial charge in [0.25, 0.3) is 0 Å². The average molecular weight is 254 g/mol. The molecule has 2 nitrogen and oxygen atoms in total. The summed E-state index contributed by atoms with van der Waals surface area (Å²) >= 11 is 0. The lowest BCUT2D eigenvalue weighted by Gasteiger charge is -2.33. The predicted octanol–water partition coefficient (Wildman–Crippen LogP) is 2.90. The zero-order chi connectivity index (χ0) is 13.2. The van der Waals surface area contributed by atoms with E-state index in [-0.39, 0.29) is 11.2 Å². The lowest BCUT2D eigenvalue weighted by molar-refractivity contribution is 0.0144. The summed E-state index contributed by atoms with van der Waals surface area (Å²) in [6, 6.07) is 7.64. The lowest BCUT2D eigenvalue weighted by atomic mass is 9.90. The van der Waals surface area contributed by atoms with E-state index in [1.165, 1.54) is 0 Å². The van der Waals surface area contributed by atoms with Crippen molar-refractivity contribution < 1.29 is 9.32 Å². The molecule has 0 saturated carbocycles. The van der Waals surface area contributed by atoms with E-state index in [9.17, 15) is 9.32 Å². The number of benzene rings is 1. The van der Waals surface area contributed by atoms with E-state index in [2.05, 4.69) is 0 Å². The van der Waals surface area contributed by atoms with E-state index in [0.717, 1.165) is 10.5 Å². The van der Waals surface area contributed by atoms with Crippen molar-refractivity contribution >= 4 is 10.8 Å². The van der Waals surface area contributed by atoms with Crippen LogP contribution < -0.4 is 0 Å². The van der Waals surface area contributed by atoms with Crippen molar-refractivity contribution in [1.82, 2.24) is 0 Å². The molecule has 1 rings (SSSR count). The third-order valence-corrected chi connectivity index (χ3v) is 5.42. The van der Waals surface area contributed by atoms with Crippen LogP contribution in [0.25, 0.3) is 0 Å². The molecule has 0 aliphatic carbocycles. The second-order valence-electron chi connectivity index (χ2n) is 5.13. The van der Waals surface area contributed by atoms with Crippen molar-refractivity contribution in [3.8, 4) is 0 Å². The maximum absolute atomic E-state index is 12.4. The molecule has 1 aromatic carbocycles. The largest absolute Gasteiger partial charge is 0.389 e. The summed E-state index contributed by atoms with van der Waals surface area (Å²) in [6.45, 7) is 9.50. The van der Waals surface area contributed by atoms with E-state index in [1.807, 2.05) is 52.0 Å². The SMILES string of the molecule is Cc1ccc([S@](=O)[C@H](C)[C@](C)(O)C(C)C)cc1. The molecule has 0 fully saturated rings. The fourth-order valence-electron chi connectivity index (χ4n) is 1.56. The average Bonchev–Trinajstić information content (AvgIpc) is 2.27. The zero-order valence-electron chi connectivity index (χ0n) is 11.2. The fourth-order valence-corrected chi connectivity index (χ4v) is 3.08. The van der Waals surface area contributed by atoms with Crippen LogP contribution in [0.3, 0.4) is 0 Å². The smallest absolute Gasteiger partial charge is 0.0786 e. The number of hydrogen-bond donors (Lipinski definition) is 1. The normalized spacial score (nSPS) is 18.8. The Morgan fingerprint density at radius 1 is 1.18 bits per heavy atom. The molecule has 0 heterocycles. The van der Waals surface area contributed by atoms with Gasteiger partial charge in [0.2, 0.25) is 0 Å². The highest BCUT2D eigenvalue weighted by atomic mass is 32.2. The molecule has 96 valence electrons. The molecule has 0 aliphatic rings. The van der Waals surface area contributed by atoms with Crippen molar-refractivity contribution in [2.45, 2.75) is 50.4 Å². The molecule has 0 aromatic heterocycles. The topological polar surface area (TPSA) is 37.3 Å². The molecule has 0 saturated heterocycles. The van der Waals surface area contributed by atoms with Gasteiger partial charge in [0, 0.05) is 4.90 Å². The maximum Gasteiger partial charge on any atom is 0.0786 e. The van der Waals surface area contributed by atoms with Gasteiger partial charge in [0.1, 0.15) is 0 Å². The van der Waals surface area contributed by atoms with E-state index >= 15 is 0 Å². The molecule has 1 N–H and O–H groups in total. The standard InChI is InChI=1S/C14H22O2S/c1-10(2)14(5,15)12(4)17(16)13-8-6-11(3)7-9-13/h6-10,12,15H,1-5H3/t12-,14-,17-/m1/s1. The monoisotopic (exact) mass is 254 g/mol. The van der Waals surface area contributed by atoms with Gasteiger partial charge in [-0.2, -0.15) is 0 Å². The first-order valence-electron chi connectivity index (χ1n) is 5.96. The summed E-state index contributed by atoms with van der Waals surface area (Å²) in [5.74, 6) is 0.0758. The molecule has 0 radical (unpaired) electrons. The van der Waals surface area contributed by atoms with Crippen LogP contribution in [-0.4, -0.2) is 20.2 Å². The minimum Gasteiger partial charge on any atom is -0.389 e. The molecule has 0 unspecified atom stereocenters. The van der Waals surface area contributed by atoms with Crippen LogP contribution in [0, 0.1) is 12.8 Å². The van der Waals surface area contributed by atoms with Crippen LogP contribution in [0.4, 0.5) is 0 Å². The van der Waals surface area contributed by atoms with Crippen LogP contribution >= 0.6 is 0 Å². The van der Waals surface area contributed by atoms with E-state index in [4.69, 9.17) is 0 Å². The van der Waals surface area contributed by atoms with Crippen molar-refractivity contribution in [3.05, 3.63) is 29.8 Å². The zero-order valence-corrected chi connectivity index (χ0v) is 12.0. The second-order valence-corrected chi connectivity index (χ2v) is 6.91. The van der Waals surface area contributed by atoms with Gasteiger partial charge in [0.15, 0.2) is 0 Å². The third-order valence-electron chi connectivity index (χ3n) is 3.57. The number of rotatable bonds is 4. The molecule has 3 heteroatoms. The van der Waals surface area contributed by atoms with Crippen LogP contribution in [0.2, 0.25) is 0 Å². The quantitative estimate of drug-likeness (QED) is 0.897. The highest BCUT2D eigenvalue weighted by molar-refractivity contribution is 7.85.